The van der Waals surface area contributed by atoms with E-state index < -0.39 is 0 Å². The van der Waals surface area contributed by atoms with E-state index in [1.54, 1.807) is 13.1 Å². The third kappa shape index (κ3) is 4.10. The van der Waals surface area contributed by atoms with Crippen molar-refractivity contribution in [2.24, 2.45) is 16.3 Å². The van der Waals surface area contributed by atoms with Gasteiger partial charge >= 0.3 is 0 Å². The summed E-state index contributed by atoms with van der Waals surface area (Å²) in [5.74, 6) is 1.23. The fourth-order valence-corrected chi connectivity index (χ4v) is 4.21. The lowest BCUT2D eigenvalue weighted by Crippen LogP contribution is -2.68. The molecule has 2 aliphatic rings. The Bertz CT molecular complexity index is 635. The maximum atomic E-state index is 13.2. The maximum Gasteiger partial charge on any atom is 0.191 e. The first kappa shape index (κ1) is 20.4. The number of benzene rings is 1. The molecule has 2 N–H and O–H groups in total. The number of fused-ring (bicyclic) bond motifs is 1. The largest absolute Gasteiger partial charge is 0.377 e. The highest BCUT2D eigenvalue weighted by molar-refractivity contribution is 14.0. The second-order valence-corrected chi connectivity index (χ2v) is 7.51. The molecular formula is C19H29FIN3O. The lowest BCUT2D eigenvalue weighted by molar-refractivity contribution is -0.106. The van der Waals surface area contributed by atoms with Crippen molar-refractivity contribution in [2.45, 2.75) is 45.8 Å². The number of aryl methyl sites for hydroxylation is 1. The van der Waals surface area contributed by atoms with Gasteiger partial charge < -0.3 is 15.4 Å². The van der Waals surface area contributed by atoms with Gasteiger partial charge in [0.2, 0.25) is 0 Å². The normalized spacial score (nSPS) is 27.1. The molecule has 4 nitrogen and oxygen atoms in total. The lowest BCUT2D eigenvalue weighted by atomic mass is 9.57. The Labute approximate surface area is 167 Å². The van der Waals surface area contributed by atoms with Crippen molar-refractivity contribution in [2.75, 3.05) is 20.2 Å². The topological polar surface area (TPSA) is 45.7 Å². The van der Waals surface area contributed by atoms with E-state index in [0.29, 0.717) is 18.1 Å². The first-order chi connectivity index (χ1) is 11.4. The molecule has 0 radical (unpaired) electrons. The highest BCUT2D eigenvalue weighted by Gasteiger charge is 2.59. The molecule has 3 unspecified atom stereocenters. The minimum atomic E-state index is -0.178. The number of guanidine groups is 1. The molecule has 0 bridgehead atoms. The zero-order valence-corrected chi connectivity index (χ0v) is 17.8. The van der Waals surface area contributed by atoms with Gasteiger partial charge in [0, 0.05) is 37.6 Å². The molecule has 1 aromatic rings. The Balaban J connectivity index is 0.00000225. The van der Waals surface area contributed by atoms with Crippen molar-refractivity contribution < 1.29 is 9.13 Å². The summed E-state index contributed by atoms with van der Waals surface area (Å²) in [6.45, 7) is 8.10. The number of hydrogen-bond acceptors (Lipinski definition) is 2. The van der Waals surface area contributed by atoms with E-state index in [4.69, 9.17) is 4.74 Å². The van der Waals surface area contributed by atoms with Crippen LogP contribution in [-0.2, 0) is 11.2 Å². The summed E-state index contributed by atoms with van der Waals surface area (Å²) in [6.07, 6.45) is 2.34. The van der Waals surface area contributed by atoms with Gasteiger partial charge in [0.25, 0.3) is 0 Å². The highest BCUT2D eigenvalue weighted by Crippen LogP contribution is 2.52. The van der Waals surface area contributed by atoms with Gasteiger partial charge in [-0.1, -0.05) is 19.9 Å². The summed E-state index contributed by atoms with van der Waals surface area (Å²) in [6, 6.07) is 5.35. The SMILES string of the molecule is CN=C(NCCc1ccc(F)cc1C)NC1C2CCOC2C1(C)C.I. The quantitative estimate of drug-likeness (QED) is 0.411. The molecule has 1 saturated heterocycles. The fraction of sp³-hybridized carbons (Fsp3) is 0.632. The van der Waals surface area contributed by atoms with Gasteiger partial charge in [-0.05, 0) is 43.0 Å². The van der Waals surface area contributed by atoms with Crippen molar-refractivity contribution in [3.63, 3.8) is 0 Å². The Morgan fingerprint density at radius 1 is 1.40 bits per heavy atom. The summed E-state index contributed by atoms with van der Waals surface area (Å²) in [5, 5.41) is 6.95. The Kier molecular flexibility index (Phi) is 6.70. The van der Waals surface area contributed by atoms with Crippen molar-refractivity contribution in [1.82, 2.24) is 10.6 Å². The van der Waals surface area contributed by atoms with Gasteiger partial charge in [0.1, 0.15) is 5.82 Å². The molecular weight excluding hydrogens is 432 g/mol. The Morgan fingerprint density at radius 3 is 2.84 bits per heavy atom. The van der Waals surface area contributed by atoms with E-state index in [1.165, 1.54) is 6.07 Å². The van der Waals surface area contributed by atoms with Gasteiger partial charge in [-0.25, -0.2) is 4.39 Å². The second kappa shape index (κ2) is 8.20. The highest BCUT2D eigenvalue weighted by atomic mass is 127. The molecule has 6 heteroatoms. The number of ether oxygens (including phenoxy) is 1. The monoisotopic (exact) mass is 461 g/mol. The van der Waals surface area contributed by atoms with Gasteiger partial charge in [-0.15, -0.1) is 24.0 Å². The van der Waals surface area contributed by atoms with Gasteiger partial charge in [0.05, 0.1) is 6.10 Å². The number of rotatable bonds is 4. The van der Waals surface area contributed by atoms with Gasteiger partial charge in [0.15, 0.2) is 5.96 Å². The van der Waals surface area contributed by atoms with Crippen LogP contribution in [0.5, 0.6) is 0 Å². The number of hydrogen-bond donors (Lipinski definition) is 2. The number of nitrogens with zero attached hydrogens (tertiary/aromatic N) is 1. The van der Waals surface area contributed by atoms with Crippen LogP contribution in [0.2, 0.25) is 0 Å². The lowest BCUT2D eigenvalue weighted by Gasteiger charge is -2.54. The molecule has 25 heavy (non-hydrogen) atoms. The summed E-state index contributed by atoms with van der Waals surface area (Å²) < 4.78 is 19.0. The average molecular weight is 461 g/mol. The van der Waals surface area contributed by atoms with E-state index in [0.717, 1.165) is 43.1 Å². The molecule has 0 aromatic heterocycles. The van der Waals surface area contributed by atoms with Crippen LogP contribution in [0.25, 0.3) is 0 Å². The minimum Gasteiger partial charge on any atom is -0.377 e. The standard InChI is InChI=1S/C19H28FN3O.HI/c1-12-11-14(20)6-5-13(12)7-9-22-18(21-4)23-16-15-8-10-24-17(15)19(16,2)3;/h5-6,11,15-17H,7-10H2,1-4H3,(H2,21,22,23);1H. The van der Waals surface area contributed by atoms with E-state index in [-0.39, 0.29) is 35.2 Å². The minimum absolute atomic E-state index is 0. The van der Waals surface area contributed by atoms with Crippen molar-refractivity contribution in [3.05, 3.63) is 35.1 Å². The first-order valence-corrected chi connectivity index (χ1v) is 8.77. The second-order valence-electron chi connectivity index (χ2n) is 7.51. The van der Waals surface area contributed by atoms with E-state index in [9.17, 15) is 4.39 Å². The van der Waals surface area contributed by atoms with Gasteiger partial charge in [-0.2, -0.15) is 0 Å². The van der Waals surface area contributed by atoms with Gasteiger partial charge in [-0.3, -0.25) is 4.99 Å². The van der Waals surface area contributed by atoms with Crippen LogP contribution in [0.1, 0.15) is 31.4 Å². The third-order valence-corrected chi connectivity index (χ3v) is 5.61. The zero-order valence-electron chi connectivity index (χ0n) is 15.4. The molecule has 0 spiro atoms. The molecule has 1 aromatic carbocycles. The van der Waals surface area contributed by atoms with Crippen molar-refractivity contribution in [3.8, 4) is 0 Å². The van der Waals surface area contributed by atoms with Crippen LogP contribution in [-0.4, -0.2) is 38.3 Å². The molecule has 3 atom stereocenters. The van der Waals surface area contributed by atoms with Crippen LogP contribution in [0, 0.1) is 24.1 Å². The molecule has 2 fully saturated rings. The van der Waals surface area contributed by atoms with Crippen LogP contribution >= 0.6 is 24.0 Å². The van der Waals surface area contributed by atoms with Crippen molar-refractivity contribution in [1.29, 1.82) is 0 Å². The van der Waals surface area contributed by atoms with E-state index in [2.05, 4.69) is 29.5 Å². The summed E-state index contributed by atoms with van der Waals surface area (Å²) >= 11 is 0. The molecule has 1 aliphatic heterocycles. The smallest absolute Gasteiger partial charge is 0.191 e. The first-order valence-electron chi connectivity index (χ1n) is 8.77. The van der Waals surface area contributed by atoms with Crippen LogP contribution in [0.15, 0.2) is 23.2 Å². The Morgan fingerprint density at radius 2 is 2.16 bits per heavy atom. The predicted molar refractivity (Wildman–Crippen MR) is 110 cm³/mol. The average Bonchev–Trinajstić information content (AvgIpc) is 2.99. The third-order valence-electron chi connectivity index (χ3n) is 5.61. The van der Waals surface area contributed by atoms with Crippen LogP contribution in [0.4, 0.5) is 4.39 Å². The number of nitrogens with one attached hydrogen (secondary N) is 2. The molecule has 0 amide bonds. The van der Waals surface area contributed by atoms with Crippen LogP contribution in [0.3, 0.4) is 0 Å². The summed E-state index contributed by atoms with van der Waals surface area (Å²) in [7, 11) is 1.80. The Hall–Kier alpha value is -0.890. The maximum absolute atomic E-state index is 13.2. The molecule has 140 valence electrons. The summed E-state index contributed by atoms with van der Waals surface area (Å²) in [5.41, 5.74) is 2.28. The molecule has 1 saturated carbocycles. The number of halogens is 2. The molecule has 1 aliphatic carbocycles. The summed E-state index contributed by atoms with van der Waals surface area (Å²) in [4.78, 5) is 4.35. The molecule has 1 heterocycles. The van der Waals surface area contributed by atoms with Crippen molar-refractivity contribution >= 4 is 29.9 Å². The zero-order chi connectivity index (χ0) is 17.3. The number of aliphatic imine (C=N–C) groups is 1. The van der Waals surface area contributed by atoms with Crippen LogP contribution < -0.4 is 10.6 Å². The predicted octanol–water partition coefficient (Wildman–Crippen LogP) is 3.27. The van der Waals surface area contributed by atoms with E-state index >= 15 is 0 Å². The molecule has 3 rings (SSSR count). The van der Waals surface area contributed by atoms with E-state index in [1.807, 2.05) is 13.0 Å². The fourth-order valence-electron chi connectivity index (χ4n) is 4.21.